The fourth-order valence-corrected chi connectivity index (χ4v) is 2.82. The highest BCUT2D eigenvalue weighted by Crippen LogP contribution is 2.21. The zero-order valence-corrected chi connectivity index (χ0v) is 13.6. The first-order valence-electron chi connectivity index (χ1n) is 7.69. The number of hydrogen-bond donors (Lipinski definition) is 2. The molecule has 3 N–H and O–H groups in total. The Kier molecular flexibility index (Phi) is 4.57. The summed E-state index contributed by atoms with van der Waals surface area (Å²) in [6, 6.07) is 5.83. The minimum atomic E-state index is -0.0505. The maximum atomic E-state index is 12.4. The highest BCUT2D eigenvalue weighted by atomic mass is 16.1. The van der Waals surface area contributed by atoms with Gasteiger partial charge in [-0.05, 0) is 52.7 Å². The number of anilines is 1. The summed E-state index contributed by atoms with van der Waals surface area (Å²) < 4.78 is 0. The summed E-state index contributed by atoms with van der Waals surface area (Å²) in [6.45, 7) is 10.7. The highest BCUT2D eigenvalue weighted by molar-refractivity contribution is 5.99. The number of benzene rings is 1. The standard InChI is InChI=1S/C17H27N3O/c1-12-5-6-15(18)14(11-12)16(21)19-13-7-9-20(10-8-13)17(2,3)4/h5-6,11,13H,7-10,18H2,1-4H3,(H,19,21). The molecular weight excluding hydrogens is 262 g/mol. The van der Waals surface area contributed by atoms with Crippen LogP contribution in [0.3, 0.4) is 0 Å². The Balaban J connectivity index is 1.94. The molecule has 116 valence electrons. The lowest BCUT2D eigenvalue weighted by Gasteiger charge is -2.41. The number of nitrogens with one attached hydrogen (secondary N) is 1. The normalized spacial score (nSPS) is 17.7. The predicted molar refractivity (Wildman–Crippen MR) is 87.4 cm³/mol. The fourth-order valence-electron chi connectivity index (χ4n) is 2.82. The van der Waals surface area contributed by atoms with Crippen molar-refractivity contribution in [3.8, 4) is 0 Å². The second-order valence-electron chi connectivity index (χ2n) is 7.00. The average molecular weight is 289 g/mol. The Hall–Kier alpha value is -1.55. The number of nitrogen functional groups attached to an aromatic ring is 1. The van der Waals surface area contributed by atoms with Gasteiger partial charge in [0, 0.05) is 30.4 Å². The lowest BCUT2D eigenvalue weighted by molar-refractivity contribution is 0.0813. The van der Waals surface area contributed by atoms with Gasteiger partial charge in [0.1, 0.15) is 0 Å². The summed E-state index contributed by atoms with van der Waals surface area (Å²) in [6.07, 6.45) is 1.99. The Morgan fingerprint density at radius 3 is 2.48 bits per heavy atom. The summed E-state index contributed by atoms with van der Waals surface area (Å²) in [7, 11) is 0. The summed E-state index contributed by atoms with van der Waals surface area (Å²) in [5, 5.41) is 3.13. The van der Waals surface area contributed by atoms with E-state index >= 15 is 0 Å². The van der Waals surface area contributed by atoms with Gasteiger partial charge in [-0.2, -0.15) is 0 Å². The van der Waals surface area contributed by atoms with Gasteiger partial charge in [0.05, 0.1) is 5.56 Å². The molecule has 0 aromatic heterocycles. The van der Waals surface area contributed by atoms with Crippen LogP contribution in [0.15, 0.2) is 18.2 Å². The van der Waals surface area contributed by atoms with E-state index in [1.165, 1.54) is 0 Å². The Labute approximate surface area is 127 Å². The first-order valence-corrected chi connectivity index (χ1v) is 7.69. The lowest BCUT2D eigenvalue weighted by atomic mass is 9.97. The minimum absolute atomic E-state index is 0.0505. The number of piperidine rings is 1. The van der Waals surface area contributed by atoms with E-state index < -0.39 is 0 Å². The number of nitrogens with two attached hydrogens (primary N) is 1. The average Bonchev–Trinajstić information content (AvgIpc) is 2.41. The van der Waals surface area contributed by atoms with Crippen molar-refractivity contribution in [1.29, 1.82) is 0 Å². The number of aryl methyl sites for hydroxylation is 1. The number of carbonyl (C=O) groups excluding carboxylic acids is 1. The molecule has 21 heavy (non-hydrogen) atoms. The van der Waals surface area contributed by atoms with Crippen LogP contribution in [-0.4, -0.2) is 35.5 Å². The van der Waals surface area contributed by atoms with Crippen molar-refractivity contribution in [3.63, 3.8) is 0 Å². The maximum absolute atomic E-state index is 12.4. The van der Waals surface area contributed by atoms with Crippen LogP contribution in [0, 0.1) is 6.92 Å². The number of rotatable bonds is 2. The van der Waals surface area contributed by atoms with Crippen LogP contribution in [0.4, 0.5) is 5.69 Å². The van der Waals surface area contributed by atoms with E-state index in [1.807, 2.05) is 19.1 Å². The molecule has 4 nitrogen and oxygen atoms in total. The van der Waals surface area contributed by atoms with Gasteiger partial charge in [-0.15, -0.1) is 0 Å². The van der Waals surface area contributed by atoms with Crippen molar-refractivity contribution in [2.75, 3.05) is 18.8 Å². The molecule has 1 amide bonds. The molecule has 0 radical (unpaired) electrons. The van der Waals surface area contributed by atoms with E-state index in [0.717, 1.165) is 31.5 Å². The molecule has 1 aromatic carbocycles. The number of carbonyl (C=O) groups is 1. The van der Waals surface area contributed by atoms with Crippen molar-refractivity contribution in [1.82, 2.24) is 10.2 Å². The van der Waals surface area contributed by atoms with Crippen LogP contribution in [0.5, 0.6) is 0 Å². The third-order valence-electron chi connectivity index (χ3n) is 4.23. The Bertz CT molecular complexity index is 511. The van der Waals surface area contributed by atoms with Crippen molar-refractivity contribution < 1.29 is 4.79 Å². The van der Waals surface area contributed by atoms with E-state index in [9.17, 15) is 4.79 Å². The zero-order chi connectivity index (χ0) is 15.6. The van der Waals surface area contributed by atoms with Gasteiger partial charge in [0.25, 0.3) is 5.91 Å². The van der Waals surface area contributed by atoms with E-state index in [1.54, 1.807) is 6.07 Å². The Morgan fingerprint density at radius 2 is 1.90 bits per heavy atom. The van der Waals surface area contributed by atoms with E-state index in [-0.39, 0.29) is 17.5 Å². The van der Waals surface area contributed by atoms with Crippen LogP contribution in [0.1, 0.15) is 49.5 Å². The highest BCUT2D eigenvalue weighted by Gasteiger charge is 2.27. The summed E-state index contributed by atoms with van der Waals surface area (Å²) in [4.78, 5) is 14.8. The topological polar surface area (TPSA) is 58.4 Å². The fraction of sp³-hybridized carbons (Fsp3) is 0.588. The molecule has 0 atom stereocenters. The van der Waals surface area contributed by atoms with Crippen LogP contribution in [0.25, 0.3) is 0 Å². The van der Waals surface area contributed by atoms with Gasteiger partial charge < -0.3 is 11.1 Å². The molecule has 1 aliphatic rings. The third-order valence-corrected chi connectivity index (χ3v) is 4.23. The van der Waals surface area contributed by atoms with Crippen molar-refractivity contribution in [2.45, 2.75) is 52.1 Å². The van der Waals surface area contributed by atoms with E-state index in [2.05, 4.69) is 31.0 Å². The molecule has 1 aromatic rings. The summed E-state index contributed by atoms with van der Waals surface area (Å²) in [5.41, 5.74) is 8.30. The van der Waals surface area contributed by atoms with Crippen molar-refractivity contribution in [2.24, 2.45) is 0 Å². The van der Waals surface area contributed by atoms with Gasteiger partial charge in [0.2, 0.25) is 0 Å². The number of hydrogen-bond acceptors (Lipinski definition) is 3. The summed E-state index contributed by atoms with van der Waals surface area (Å²) >= 11 is 0. The molecule has 1 aliphatic heterocycles. The van der Waals surface area contributed by atoms with Gasteiger partial charge in [-0.1, -0.05) is 11.6 Å². The monoisotopic (exact) mass is 289 g/mol. The molecule has 1 fully saturated rings. The predicted octanol–water partition coefficient (Wildman–Crippen LogP) is 2.57. The quantitative estimate of drug-likeness (QED) is 0.823. The van der Waals surface area contributed by atoms with E-state index in [4.69, 9.17) is 5.73 Å². The van der Waals surface area contributed by atoms with Crippen LogP contribution in [0.2, 0.25) is 0 Å². The molecule has 1 saturated heterocycles. The van der Waals surface area contributed by atoms with Gasteiger partial charge in [-0.3, -0.25) is 9.69 Å². The maximum Gasteiger partial charge on any atom is 0.253 e. The zero-order valence-electron chi connectivity index (χ0n) is 13.6. The second kappa shape index (κ2) is 6.06. The van der Waals surface area contributed by atoms with Crippen molar-refractivity contribution in [3.05, 3.63) is 29.3 Å². The molecule has 2 rings (SSSR count). The summed E-state index contributed by atoms with van der Waals surface area (Å²) in [5.74, 6) is -0.0505. The van der Waals surface area contributed by atoms with E-state index in [0.29, 0.717) is 11.3 Å². The van der Waals surface area contributed by atoms with Crippen LogP contribution < -0.4 is 11.1 Å². The third kappa shape index (κ3) is 3.97. The van der Waals surface area contributed by atoms with Crippen molar-refractivity contribution >= 4 is 11.6 Å². The van der Waals surface area contributed by atoms with Crippen LogP contribution in [-0.2, 0) is 0 Å². The van der Waals surface area contributed by atoms with Gasteiger partial charge in [0.15, 0.2) is 0 Å². The Morgan fingerprint density at radius 1 is 1.29 bits per heavy atom. The molecular formula is C17H27N3O. The molecule has 1 heterocycles. The number of amides is 1. The number of nitrogens with zero attached hydrogens (tertiary/aromatic N) is 1. The second-order valence-corrected chi connectivity index (χ2v) is 7.00. The van der Waals surface area contributed by atoms with Gasteiger partial charge in [-0.25, -0.2) is 0 Å². The first-order chi connectivity index (χ1) is 9.77. The van der Waals surface area contributed by atoms with Crippen LogP contribution >= 0.6 is 0 Å². The molecule has 0 saturated carbocycles. The molecule has 0 aliphatic carbocycles. The molecule has 0 spiro atoms. The lowest BCUT2D eigenvalue weighted by Crippen LogP contribution is -2.50. The molecule has 4 heteroatoms. The minimum Gasteiger partial charge on any atom is -0.398 e. The smallest absolute Gasteiger partial charge is 0.253 e. The number of likely N-dealkylation sites (tertiary alicyclic amines) is 1. The molecule has 0 unspecified atom stereocenters. The largest absolute Gasteiger partial charge is 0.398 e. The van der Waals surface area contributed by atoms with Gasteiger partial charge >= 0.3 is 0 Å². The molecule has 0 bridgehead atoms. The SMILES string of the molecule is Cc1ccc(N)c(C(=O)NC2CCN(C(C)(C)C)CC2)c1. The first kappa shape index (κ1) is 15.8.